The first-order chi connectivity index (χ1) is 17.8. The maximum atomic E-state index is 12.7. The summed E-state index contributed by atoms with van der Waals surface area (Å²) >= 11 is 0. The summed E-state index contributed by atoms with van der Waals surface area (Å²) in [5.41, 5.74) is 9.43. The van der Waals surface area contributed by atoms with E-state index in [1.54, 1.807) is 24.2 Å². The summed E-state index contributed by atoms with van der Waals surface area (Å²) in [6.07, 6.45) is 8.77. The molecule has 0 radical (unpaired) electrons. The van der Waals surface area contributed by atoms with E-state index in [2.05, 4.69) is 64.4 Å². The van der Waals surface area contributed by atoms with Crippen molar-refractivity contribution in [2.45, 2.75) is 50.2 Å². The van der Waals surface area contributed by atoms with Crippen LogP contribution in [0.3, 0.4) is 0 Å². The van der Waals surface area contributed by atoms with Crippen molar-refractivity contribution >= 4 is 22.5 Å². The number of fused-ring (bicyclic) bond motifs is 1. The van der Waals surface area contributed by atoms with Crippen LogP contribution in [-0.4, -0.2) is 56.7 Å². The highest BCUT2D eigenvalue weighted by Crippen LogP contribution is 2.44. The van der Waals surface area contributed by atoms with E-state index in [-0.39, 0.29) is 11.4 Å². The number of nitrogens with two attached hydrogens (primary N) is 1. The molecule has 0 saturated heterocycles. The average molecular weight is 498 g/mol. The van der Waals surface area contributed by atoms with Crippen molar-refractivity contribution in [2.24, 2.45) is 5.73 Å². The highest BCUT2D eigenvalue weighted by molar-refractivity contribution is 5.91. The Hall–Kier alpha value is -3.62. The minimum Gasteiger partial charge on any atom is -0.324 e. The number of amides is 1. The Balaban J connectivity index is 1.30. The summed E-state index contributed by atoms with van der Waals surface area (Å²) in [6, 6.07) is 18.7. The van der Waals surface area contributed by atoms with Crippen LogP contribution in [0.15, 0.2) is 73.2 Å². The van der Waals surface area contributed by atoms with Gasteiger partial charge >= 0.3 is 0 Å². The summed E-state index contributed by atoms with van der Waals surface area (Å²) in [5.74, 6) is 0.576. The third-order valence-electron chi connectivity index (χ3n) is 7.94. The molecule has 8 heteroatoms. The van der Waals surface area contributed by atoms with E-state index in [1.165, 1.54) is 5.56 Å². The molecule has 4 aromatic rings. The van der Waals surface area contributed by atoms with Crippen LogP contribution < -0.4 is 10.6 Å². The normalized spacial score (nSPS) is 21.9. The fourth-order valence-corrected chi connectivity index (χ4v) is 5.62. The van der Waals surface area contributed by atoms with Crippen molar-refractivity contribution in [1.82, 2.24) is 24.6 Å². The van der Waals surface area contributed by atoms with Gasteiger partial charge in [-0.05, 0) is 51.4 Å². The van der Waals surface area contributed by atoms with Gasteiger partial charge in [0.25, 0.3) is 0 Å². The maximum absolute atomic E-state index is 12.7. The Bertz CT molecular complexity index is 1360. The number of carbonyl (C=O) groups excluding carboxylic acids is 1. The summed E-state index contributed by atoms with van der Waals surface area (Å²) in [4.78, 5) is 25.8. The quantitative estimate of drug-likeness (QED) is 0.416. The van der Waals surface area contributed by atoms with Crippen LogP contribution in [0.5, 0.6) is 0 Å². The molecule has 2 aromatic heterocycles. The Morgan fingerprint density at radius 2 is 1.59 bits per heavy atom. The monoisotopic (exact) mass is 497 g/mol. The van der Waals surface area contributed by atoms with Crippen LogP contribution in [0, 0.1) is 0 Å². The molecular formula is C29H35N7O. The molecular weight excluding hydrogens is 462 g/mol. The Morgan fingerprint density at radius 3 is 2.24 bits per heavy atom. The lowest BCUT2D eigenvalue weighted by molar-refractivity contribution is -0.116. The van der Waals surface area contributed by atoms with Gasteiger partial charge in [0.2, 0.25) is 5.91 Å². The van der Waals surface area contributed by atoms with Gasteiger partial charge in [0.05, 0.1) is 29.8 Å². The lowest BCUT2D eigenvalue weighted by Gasteiger charge is -2.49. The Labute approximate surface area is 218 Å². The first-order valence-electron chi connectivity index (χ1n) is 12.8. The topological polar surface area (TPSA) is 93.2 Å². The molecule has 8 nitrogen and oxygen atoms in total. The number of benzene rings is 2. The number of hydrogen-bond donors (Lipinski definition) is 1. The number of rotatable bonds is 7. The van der Waals surface area contributed by atoms with Crippen molar-refractivity contribution < 1.29 is 4.79 Å². The van der Waals surface area contributed by atoms with Gasteiger partial charge in [0, 0.05) is 29.9 Å². The lowest BCUT2D eigenvalue weighted by Crippen LogP contribution is -2.57. The summed E-state index contributed by atoms with van der Waals surface area (Å²) < 4.78 is 1.88. The zero-order chi connectivity index (χ0) is 26.0. The highest BCUT2D eigenvalue weighted by Gasteiger charge is 2.44. The maximum Gasteiger partial charge on any atom is 0.224 e. The molecule has 5 rings (SSSR count). The van der Waals surface area contributed by atoms with Crippen molar-refractivity contribution in [3.8, 4) is 0 Å². The van der Waals surface area contributed by atoms with Crippen LogP contribution in [-0.2, 0) is 16.9 Å². The van der Waals surface area contributed by atoms with Gasteiger partial charge in [0.1, 0.15) is 12.4 Å². The van der Waals surface area contributed by atoms with Gasteiger partial charge in [0.15, 0.2) is 0 Å². The van der Waals surface area contributed by atoms with Crippen LogP contribution in [0.4, 0.5) is 5.69 Å². The zero-order valence-corrected chi connectivity index (χ0v) is 21.8. The van der Waals surface area contributed by atoms with Gasteiger partial charge in [-0.15, -0.1) is 0 Å². The fraction of sp³-hybridized carbons (Fsp3) is 0.379. The lowest BCUT2D eigenvalue weighted by atomic mass is 9.69. The van der Waals surface area contributed by atoms with Gasteiger partial charge in [-0.2, -0.15) is 5.10 Å². The zero-order valence-electron chi connectivity index (χ0n) is 21.8. The van der Waals surface area contributed by atoms with Crippen molar-refractivity contribution in [2.75, 3.05) is 25.5 Å². The molecule has 0 aliphatic heterocycles. The summed E-state index contributed by atoms with van der Waals surface area (Å²) in [6.45, 7) is 2.47. The first-order valence-corrected chi connectivity index (χ1v) is 12.8. The number of para-hydroxylation sites is 1. The number of carbonyl (C=O) groups is 1. The second-order valence-electron chi connectivity index (χ2n) is 10.5. The van der Waals surface area contributed by atoms with E-state index in [0.29, 0.717) is 24.6 Å². The van der Waals surface area contributed by atoms with Gasteiger partial charge in [-0.1, -0.05) is 48.5 Å². The van der Waals surface area contributed by atoms with Crippen LogP contribution >= 0.6 is 0 Å². The Kier molecular flexibility index (Phi) is 6.79. The third kappa shape index (κ3) is 4.99. The molecule has 1 fully saturated rings. The van der Waals surface area contributed by atoms with Gasteiger partial charge in [-0.3, -0.25) is 14.4 Å². The molecule has 192 valence electrons. The van der Waals surface area contributed by atoms with Crippen LogP contribution in [0.2, 0.25) is 0 Å². The number of aromatic nitrogens is 4. The smallest absolute Gasteiger partial charge is 0.224 e. The molecule has 1 saturated carbocycles. The van der Waals surface area contributed by atoms with Crippen molar-refractivity contribution in [3.63, 3.8) is 0 Å². The number of nitrogens with zero attached hydrogens (tertiary/aromatic N) is 6. The second kappa shape index (κ2) is 10.0. The van der Waals surface area contributed by atoms with Gasteiger partial charge < -0.3 is 10.6 Å². The van der Waals surface area contributed by atoms with E-state index in [9.17, 15) is 4.79 Å². The molecule has 0 bridgehead atoms. The van der Waals surface area contributed by atoms with Crippen molar-refractivity contribution in [1.29, 1.82) is 0 Å². The predicted octanol–water partition coefficient (Wildman–Crippen LogP) is 3.96. The minimum absolute atomic E-state index is 0.0490. The molecule has 2 heterocycles. The van der Waals surface area contributed by atoms with E-state index >= 15 is 0 Å². The average Bonchev–Trinajstić information content (AvgIpc) is 3.31. The highest BCUT2D eigenvalue weighted by atomic mass is 16.2. The summed E-state index contributed by atoms with van der Waals surface area (Å²) in [7, 11) is 4.28. The molecule has 1 amide bonds. The predicted molar refractivity (Wildman–Crippen MR) is 146 cm³/mol. The van der Waals surface area contributed by atoms with Crippen LogP contribution in [0.25, 0.3) is 10.9 Å². The summed E-state index contributed by atoms with van der Waals surface area (Å²) in [5, 5.41) is 5.54. The van der Waals surface area contributed by atoms with Gasteiger partial charge in [-0.25, -0.2) is 9.97 Å². The van der Waals surface area contributed by atoms with E-state index in [1.807, 2.05) is 35.1 Å². The molecule has 0 atom stereocenters. The molecule has 0 spiro atoms. The second-order valence-corrected chi connectivity index (χ2v) is 10.5. The molecule has 2 aromatic carbocycles. The minimum atomic E-state index is -0.480. The number of anilines is 1. The first kappa shape index (κ1) is 25.0. The van der Waals surface area contributed by atoms with E-state index in [4.69, 9.17) is 5.73 Å². The largest absolute Gasteiger partial charge is 0.324 e. The number of hydrogen-bond acceptors (Lipinski definition) is 6. The molecule has 2 N–H and O–H groups in total. The Morgan fingerprint density at radius 1 is 0.946 bits per heavy atom. The molecule has 0 unspecified atom stereocenters. The fourth-order valence-electron chi connectivity index (χ4n) is 5.62. The SMILES string of the molecule is CC(=O)N(CC1(N)CCC(c2ccccc2)(N(C)C)CC1)c1cnc(Cn2ncc3ccccc32)nc1. The van der Waals surface area contributed by atoms with E-state index in [0.717, 1.165) is 36.6 Å². The van der Waals surface area contributed by atoms with E-state index < -0.39 is 5.54 Å². The molecule has 37 heavy (non-hydrogen) atoms. The van der Waals surface area contributed by atoms with Crippen molar-refractivity contribution in [3.05, 3.63) is 84.6 Å². The molecule has 1 aliphatic carbocycles. The third-order valence-corrected chi connectivity index (χ3v) is 7.94. The standard InChI is InChI=1S/C29H35N7O/c1-22(37)35(21-28(30)13-15-29(16-14-28,34(2)3)24-10-5-4-6-11-24)25-18-31-27(32-19-25)20-36-26-12-8-7-9-23(26)17-33-36/h4-12,17-19H,13-16,20-21,30H2,1-3H3. The molecule has 1 aliphatic rings. The van der Waals surface area contributed by atoms with Crippen LogP contribution in [0.1, 0.15) is 44.0 Å².